The third-order valence-electron chi connectivity index (χ3n) is 3.87. The lowest BCUT2D eigenvalue weighted by Gasteiger charge is -2.05. The molecule has 0 saturated heterocycles. The minimum absolute atomic E-state index is 0.786. The van der Waals surface area contributed by atoms with Gasteiger partial charge in [0.05, 0.1) is 17.9 Å². The van der Waals surface area contributed by atoms with Crippen molar-refractivity contribution in [1.82, 2.24) is 20.1 Å². The van der Waals surface area contributed by atoms with Crippen molar-refractivity contribution < 1.29 is 0 Å². The van der Waals surface area contributed by atoms with Gasteiger partial charge in [-0.15, -0.1) is 11.3 Å². The van der Waals surface area contributed by atoms with Gasteiger partial charge in [0.15, 0.2) is 0 Å². The molecule has 0 unspecified atom stereocenters. The molecule has 0 aromatic carbocycles. The number of nitrogens with one attached hydrogen (secondary N) is 1. The number of aryl methyl sites for hydroxylation is 3. The molecular formula is C16H26N4S. The number of hydrogen-bond donors (Lipinski definition) is 1. The van der Waals surface area contributed by atoms with Crippen molar-refractivity contribution in [2.75, 3.05) is 13.1 Å². The molecule has 2 aromatic heterocycles. The average Bonchev–Trinajstić information content (AvgIpc) is 2.88. The summed E-state index contributed by atoms with van der Waals surface area (Å²) in [6.45, 7) is 13.6. The molecule has 2 aromatic rings. The van der Waals surface area contributed by atoms with Crippen LogP contribution in [0, 0.1) is 27.7 Å². The number of nitrogens with zero attached hydrogens (tertiary/aromatic N) is 3. The predicted octanol–water partition coefficient (Wildman–Crippen LogP) is 3.16. The fourth-order valence-electron chi connectivity index (χ4n) is 2.50. The fraction of sp³-hybridized carbons (Fsp3) is 0.625. The van der Waals surface area contributed by atoms with Crippen molar-refractivity contribution in [3.63, 3.8) is 0 Å². The van der Waals surface area contributed by atoms with Gasteiger partial charge in [-0.05, 0) is 59.2 Å². The van der Waals surface area contributed by atoms with Crippen molar-refractivity contribution in [2.24, 2.45) is 0 Å². The van der Waals surface area contributed by atoms with E-state index in [1.54, 1.807) is 11.3 Å². The number of thiazole rings is 1. The predicted molar refractivity (Wildman–Crippen MR) is 89.3 cm³/mol. The zero-order valence-electron chi connectivity index (χ0n) is 13.8. The zero-order chi connectivity index (χ0) is 15.4. The van der Waals surface area contributed by atoms with Gasteiger partial charge < -0.3 is 5.32 Å². The second-order valence-corrected chi connectivity index (χ2v) is 6.84. The van der Waals surface area contributed by atoms with Crippen LogP contribution in [0.2, 0.25) is 0 Å². The maximum Gasteiger partial charge on any atom is 0.115 e. The summed E-state index contributed by atoms with van der Waals surface area (Å²) in [5.74, 6) is 0. The Kier molecular flexibility index (Phi) is 5.53. The molecule has 0 aliphatic carbocycles. The lowest BCUT2D eigenvalue weighted by molar-refractivity contribution is 0.650. The van der Waals surface area contributed by atoms with Gasteiger partial charge in [-0.3, -0.25) is 4.68 Å². The van der Waals surface area contributed by atoms with Crippen LogP contribution in [0.3, 0.4) is 0 Å². The Morgan fingerprint density at radius 1 is 1.10 bits per heavy atom. The summed E-state index contributed by atoms with van der Waals surface area (Å²) in [6.07, 6.45) is 2.23. The van der Waals surface area contributed by atoms with Crippen LogP contribution in [-0.2, 0) is 13.0 Å². The Morgan fingerprint density at radius 3 is 2.48 bits per heavy atom. The minimum Gasteiger partial charge on any atom is -0.316 e. The van der Waals surface area contributed by atoms with E-state index >= 15 is 0 Å². The van der Waals surface area contributed by atoms with Gasteiger partial charge in [0.1, 0.15) is 5.01 Å². The summed E-state index contributed by atoms with van der Waals surface area (Å²) in [5, 5.41) is 9.30. The highest BCUT2D eigenvalue weighted by molar-refractivity contribution is 7.11. The Morgan fingerprint density at radius 2 is 1.86 bits per heavy atom. The molecule has 0 spiro atoms. The minimum atomic E-state index is 0.786. The molecule has 2 rings (SSSR count). The van der Waals surface area contributed by atoms with E-state index in [4.69, 9.17) is 5.10 Å². The first-order chi connectivity index (χ1) is 10.0. The summed E-state index contributed by atoms with van der Waals surface area (Å²) in [4.78, 5) is 5.92. The lowest BCUT2D eigenvalue weighted by Crippen LogP contribution is -2.18. The molecule has 5 heteroatoms. The second-order valence-electron chi connectivity index (χ2n) is 5.56. The Bertz CT molecular complexity index is 578. The Balaban J connectivity index is 2.07. The molecule has 0 bridgehead atoms. The van der Waals surface area contributed by atoms with E-state index < -0.39 is 0 Å². The van der Waals surface area contributed by atoms with Crippen molar-refractivity contribution in [3.05, 3.63) is 32.5 Å². The van der Waals surface area contributed by atoms with Crippen LogP contribution >= 0.6 is 11.3 Å². The van der Waals surface area contributed by atoms with E-state index in [2.05, 4.69) is 49.6 Å². The topological polar surface area (TPSA) is 42.7 Å². The van der Waals surface area contributed by atoms with Crippen LogP contribution in [0.1, 0.15) is 45.9 Å². The highest BCUT2D eigenvalue weighted by Crippen LogP contribution is 2.20. The molecule has 0 amide bonds. The van der Waals surface area contributed by atoms with Crippen LogP contribution in [0.25, 0.3) is 0 Å². The third kappa shape index (κ3) is 3.92. The van der Waals surface area contributed by atoms with Crippen LogP contribution in [0.4, 0.5) is 0 Å². The van der Waals surface area contributed by atoms with E-state index in [0.717, 1.165) is 42.5 Å². The first kappa shape index (κ1) is 16.2. The third-order valence-corrected chi connectivity index (χ3v) is 4.93. The number of rotatable bonds is 7. The van der Waals surface area contributed by atoms with Crippen LogP contribution in [-0.4, -0.2) is 27.9 Å². The van der Waals surface area contributed by atoms with E-state index in [1.165, 1.54) is 22.6 Å². The summed E-state index contributed by atoms with van der Waals surface area (Å²) >= 11 is 1.77. The highest BCUT2D eigenvalue weighted by atomic mass is 32.1. The van der Waals surface area contributed by atoms with Gasteiger partial charge in [0.25, 0.3) is 0 Å². The van der Waals surface area contributed by atoms with Gasteiger partial charge in [0, 0.05) is 10.6 Å². The molecule has 0 radical (unpaired) electrons. The zero-order valence-corrected chi connectivity index (χ0v) is 14.6. The van der Waals surface area contributed by atoms with E-state index in [1.807, 2.05) is 0 Å². The molecule has 0 aliphatic heterocycles. The van der Waals surface area contributed by atoms with Crippen molar-refractivity contribution >= 4 is 11.3 Å². The molecule has 4 nitrogen and oxygen atoms in total. The fourth-order valence-corrected chi connectivity index (χ4v) is 3.42. The summed E-state index contributed by atoms with van der Waals surface area (Å²) in [7, 11) is 0. The van der Waals surface area contributed by atoms with Crippen LogP contribution in [0.5, 0.6) is 0 Å². The van der Waals surface area contributed by atoms with Gasteiger partial charge >= 0.3 is 0 Å². The molecule has 0 aliphatic rings. The standard InChI is InChI=1S/C16H26N4S/c1-6-8-17-9-7-15-12(3)19-20(13(15)4)10-16-18-11(2)14(5)21-16/h17H,6-10H2,1-5H3. The molecule has 1 N–H and O–H groups in total. The summed E-state index contributed by atoms with van der Waals surface area (Å²) in [6, 6.07) is 0. The van der Waals surface area contributed by atoms with Crippen LogP contribution in [0.15, 0.2) is 0 Å². The van der Waals surface area contributed by atoms with Gasteiger partial charge in [-0.2, -0.15) is 5.10 Å². The van der Waals surface area contributed by atoms with Crippen molar-refractivity contribution in [1.29, 1.82) is 0 Å². The first-order valence-corrected chi connectivity index (χ1v) is 8.51. The SMILES string of the molecule is CCCNCCc1c(C)nn(Cc2nc(C)c(C)s2)c1C. The van der Waals surface area contributed by atoms with E-state index in [-0.39, 0.29) is 0 Å². The molecule has 116 valence electrons. The van der Waals surface area contributed by atoms with Gasteiger partial charge in [-0.1, -0.05) is 6.92 Å². The lowest BCUT2D eigenvalue weighted by atomic mass is 10.1. The molecule has 21 heavy (non-hydrogen) atoms. The smallest absolute Gasteiger partial charge is 0.115 e. The van der Waals surface area contributed by atoms with Gasteiger partial charge in [-0.25, -0.2) is 4.98 Å². The Hall–Kier alpha value is -1.20. The maximum absolute atomic E-state index is 4.70. The Labute approximate surface area is 131 Å². The van der Waals surface area contributed by atoms with Crippen molar-refractivity contribution in [3.8, 4) is 0 Å². The normalized spacial score (nSPS) is 11.3. The van der Waals surface area contributed by atoms with E-state index in [9.17, 15) is 0 Å². The maximum atomic E-state index is 4.70. The monoisotopic (exact) mass is 306 g/mol. The molecular weight excluding hydrogens is 280 g/mol. The first-order valence-electron chi connectivity index (χ1n) is 7.69. The van der Waals surface area contributed by atoms with Gasteiger partial charge in [0.2, 0.25) is 0 Å². The quantitative estimate of drug-likeness (QED) is 0.799. The second kappa shape index (κ2) is 7.18. The van der Waals surface area contributed by atoms with Crippen molar-refractivity contribution in [2.45, 2.75) is 54.0 Å². The summed E-state index contributed by atoms with van der Waals surface area (Å²) in [5.41, 5.74) is 4.94. The number of aromatic nitrogens is 3. The molecule has 0 atom stereocenters. The number of hydrogen-bond acceptors (Lipinski definition) is 4. The molecule has 2 heterocycles. The summed E-state index contributed by atoms with van der Waals surface area (Å²) < 4.78 is 2.10. The highest BCUT2D eigenvalue weighted by Gasteiger charge is 2.13. The average molecular weight is 306 g/mol. The van der Waals surface area contributed by atoms with Crippen LogP contribution < -0.4 is 5.32 Å². The molecule has 0 saturated carbocycles. The molecule has 0 fully saturated rings. The van der Waals surface area contributed by atoms with E-state index in [0.29, 0.717) is 0 Å². The largest absolute Gasteiger partial charge is 0.316 e.